The van der Waals surface area contributed by atoms with E-state index in [0.717, 1.165) is 31.4 Å². The first-order chi connectivity index (χ1) is 11.0. The van der Waals surface area contributed by atoms with Crippen molar-refractivity contribution in [1.82, 2.24) is 5.01 Å². The fraction of sp³-hybridized carbons (Fsp3) is 0.588. The van der Waals surface area contributed by atoms with E-state index in [9.17, 15) is 9.59 Å². The molecule has 124 valence electrons. The van der Waals surface area contributed by atoms with Crippen molar-refractivity contribution in [3.05, 3.63) is 21.4 Å². The quantitative estimate of drug-likeness (QED) is 0.812. The molecule has 1 amide bonds. The summed E-state index contributed by atoms with van der Waals surface area (Å²) in [5, 5.41) is 14.9. The monoisotopic (exact) mass is 334 g/mol. The van der Waals surface area contributed by atoms with E-state index in [1.54, 1.807) is 5.01 Å². The molecule has 0 aromatic carbocycles. The number of aliphatic carboxylic acids is 1. The van der Waals surface area contributed by atoms with Gasteiger partial charge in [-0.3, -0.25) is 9.59 Å². The van der Waals surface area contributed by atoms with Gasteiger partial charge in [0, 0.05) is 40.6 Å². The van der Waals surface area contributed by atoms with Crippen molar-refractivity contribution in [2.45, 2.75) is 51.9 Å². The first-order valence-corrected chi connectivity index (χ1v) is 9.06. The SMILES string of the molecule is Cc1cc2c(s1)CCC1CC(=O)N(CCCCCC(=O)O)N=C21. The third-order valence-electron chi connectivity index (χ3n) is 4.51. The molecule has 1 aromatic heterocycles. The smallest absolute Gasteiger partial charge is 0.303 e. The van der Waals surface area contributed by atoms with Gasteiger partial charge in [-0.1, -0.05) is 6.42 Å². The molecule has 5 nitrogen and oxygen atoms in total. The average molecular weight is 334 g/mol. The lowest BCUT2D eigenvalue weighted by molar-refractivity contribution is -0.137. The Bertz CT molecular complexity index is 650. The van der Waals surface area contributed by atoms with Gasteiger partial charge in [0.05, 0.1) is 5.71 Å². The Morgan fingerprint density at radius 1 is 1.43 bits per heavy atom. The van der Waals surface area contributed by atoms with E-state index in [1.165, 1.54) is 15.3 Å². The van der Waals surface area contributed by atoms with Crippen LogP contribution in [0.4, 0.5) is 0 Å². The summed E-state index contributed by atoms with van der Waals surface area (Å²) in [5.74, 6) is -0.385. The molecule has 1 aromatic rings. The second-order valence-corrected chi connectivity index (χ2v) is 7.68. The predicted molar refractivity (Wildman–Crippen MR) is 89.8 cm³/mol. The minimum absolute atomic E-state index is 0.104. The second-order valence-electron chi connectivity index (χ2n) is 6.34. The Kier molecular flexibility index (Phi) is 4.80. The Labute approximate surface area is 140 Å². The summed E-state index contributed by atoms with van der Waals surface area (Å²) < 4.78 is 0. The maximum Gasteiger partial charge on any atom is 0.303 e. The van der Waals surface area contributed by atoms with E-state index in [4.69, 9.17) is 5.11 Å². The maximum absolute atomic E-state index is 12.3. The first kappa shape index (κ1) is 16.2. The molecule has 0 saturated carbocycles. The third kappa shape index (κ3) is 3.63. The highest BCUT2D eigenvalue weighted by Crippen LogP contribution is 2.36. The number of carbonyl (C=O) groups is 2. The standard InChI is InChI=1S/C17H22N2O3S/c1-11-9-13-14(23-11)7-6-12-10-15(20)19(18-17(12)13)8-4-2-3-5-16(21)22/h9,12H,2-8,10H2,1H3,(H,21,22). The molecule has 1 aliphatic heterocycles. The highest BCUT2D eigenvalue weighted by atomic mass is 32.1. The van der Waals surface area contributed by atoms with Gasteiger partial charge in [-0.05, 0) is 38.7 Å². The Hall–Kier alpha value is -1.69. The molecular formula is C17H22N2O3S. The Balaban J connectivity index is 1.66. The van der Waals surface area contributed by atoms with Crippen molar-refractivity contribution < 1.29 is 14.7 Å². The Morgan fingerprint density at radius 3 is 3.04 bits per heavy atom. The van der Waals surface area contributed by atoms with Crippen LogP contribution in [0.25, 0.3) is 0 Å². The van der Waals surface area contributed by atoms with Crippen LogP contribution in [0, 0.1) is 12.8 Å². The number of fused-ring (bicyclic) bond motifs is 3. The van der Waals surface area contributed by atoms with Crippen molar-refractivity contribution in [3.8, 4) is 0 Å². The number of hydrazone groups is 1. The minimum atomic E-state index is -0.760. The molecule has 2 aliphatic rings. The normalized spacial score (nSPS) is 20.0. The number of amides is 1. The highest BCUT2D eigenvalue weighted by molar-refractivity contribution is 7.12. The molecule has 3 rings (SSSR count). The van der Waals surface area contributed by atoms with E-state index in [-0.39, 0.29) is 18.2 Å². The van der Waals surface area contributed by atoms with Crippen LogP contribution < -0.4 is 0 Å². The zero-order valence-corrected chi connectivity index (χ0v) is 14.2. The lowest BCUT2D eigenvalue weighted by Gasteiger charge is -2.32. The molecule has 6 heteroatoms. The van der Waals surface area contributed by atoms with Crippen LogP contribution in [-0.4, -0.2) is 34.2 Å². The summed E-state index contributed by atoms with van der Waals surface area (Å²) in [5.41, 5.74) is 2.33. The summed E-state index contributed by atoms with van der Waals surface area (Å²) in [7, 11) is 0. The fourth-order valence-corrected chi connectivity index (χ4v) is 4.41. The molecule has 0 bridgehead atoms. The lowest BCUT2D eigenvalue weighted by atomic mass is 9.83. The van der Waals surface area contributed by atoms with Gasteiger partial charge in [-0.15, -0.1) is 11.3 Å². The van der Waals surface area contributed by atoms with Crippen LogP contribution in [0.1, 0.15) is 53.8 Å². The van der Waals surface area contributed by atoms with Crippen molar-refractivity contribution >= 4 is 28.9 Å². The van der Waals surface area contributed by atoms with Crippen LogP contribution in [0.3, 0.4) is 0 Å². The van der Waals surface area contributed by atoms with Gasteiger partial charge in [0.25, 0.3) is 0 Å². The molecular weight excluding hydrogens is 312 g/mol. The summed E-state index contributed by atoms with van der Waals surface area (Å²) in [6, 6.07) is 2.20. The molecule has 0 radical (unpaired) electrons. The molecule has 1 atom stereocenters. The van der Waals surface area contributed by atoms with Crippen LogP contribution in [0.15, 0.2) is 11.2 Å². The molecule has 0 spiro atoms. The zero-order chi connectivity index (χ0) is 16.4. The lowest BCUT2D eigenvalue weighted by Crippen LogP contribution is -2.39. The van der Waals surface area contributed by atoms with Crippen LogP contribution in [-0.2, 0) is 16.0 Å². The number of rotatable bonds is 6. The van der Waals surface area contributed by atoms with Gasteiger partial charge >= 0.3 is 5.97 Å². The number of carboxylic acids is 1. The summed E-state index contributed by atoms with van der Waals surface area (Å²) >= 11 is 1.84. The minimum Gasteiger partial charge on any atom is -0.481 e. The third-order valence-corrected chi connectivity index (χ3v) is 5.62. The average Bonchev–Trinajstić information content (AvgIpc) is 2.88. The molecule has 1 aliphatic carbocycles. The maximum atomic E-state index is 12.3. The van der Waals surface area contributed by atoms with Crippen molar-refractivity contribution in [2.24, 2.45) is 11.0 Å². The molecule has 23 heavy (non-hydrogen) atoms. The van der Waals surface area contributed by atoms with Gasteiger partial charge in [0.1, 0.15) is 0 Å². The largest absolute Gasteiger partial charge is 0.481 e. The van der Waals surface area contributed by atoms with Gasteiger partial charge in [0.2, 0.25) is 5.91 Å². The van der Waals surface area contributed by atoms with Gasteiger partial charge in [-0.25, -0.2) is 5.01 Å². The van der Waals surface area contributed by atoms with Gasteiger partial charge in [-0.2, -0.15) is 5.10 Å². The van der Waals surface area contributed by atoms with Crippen molar-refractivity contribution in [3.63, 3.8) is 0 Å². The molecule has 1 unspecified atom stereocenters. The van der Waals surface area contributed by atoms with E-state index in [1.807, 2.05) is 11.3 Å². The zero-order valence-electron chi connectivity index (χ0n) is 13.4. The molecule has 2 heterocycles. The van der Waals surface area contributed by atoms with Crippen molar-refractivity contribution in [1.29, 1.82) is 0 Å². The number of hydrogen-bond donors (Lipinski definition) is 1. The summed E-state index contributed by atoms with van der Waals surface area (Å²) in [6.45, 7) is 2.71. The number of unbranched alkanes of at least 4 members (excludes halogenated alkanes) is 2. The Morgan fingerprint density at radius 2 is 2.26 bits per heavy atom. The number of nitrogens with zero attached hydrogens (tertiary/aromatic N) is 2. The van der Waals surface area contributed by atoms with Crippen LogP contribution >= 0.6 is 11.3 Å². The fourth-order valence-electron chi connectivity index (χ4n) is 3.35. The topological polar surface area (TPSA) is 70.0 Å². The van der Waals surface area contributed by atoms with Crippen molar-refractivity contribution in [2.75, 3.05) is 6.54 Å². The summed E-state index contributed by atoms with van der Waals surface area (Å²) in [6.07, 6.45) is 5.10. The number of carbonyl (C=O) groups excluding carboxylic acids is 1. The second kappa shape index (κ2) is 6.83. The predicted octanol–water partition coefficient (Wildman–Crippen LogP) is 3.20. The highest BCUT2D eigenvalue weighted by Gasteiger charge is 2.34. The number of thiophene rings is 1. The van der Waals surface area contributed by atoms with E-state index in [0.29, 0.717) is 19.4 Å². The first-order valence-electron chi connectivity index (χ1n) is 8.25. The van der Waals surface area contributed by atoms with Gasteiger partial charge < -0.3 is 5.11 Å². The number of hydrogen-bond acceptors (Lipinski definition) is 4. The van der Waals surface area contributed by atoms with E-state index >= 15 is 0 Å². The molecule has 1 N–H and O–H groups in total. The summed E-state index contributed by atoms with van der Waals surface area (Å²) in [4.78, 5) is 25.5. The van der Waals surface area contributed by atoms with Gasteiger partial charge in [0.15, 0.2) is 0 Å². The van der Waals surface area contributed by atoms with Crippen LogP contribution in [0.5, 0.6) is 0 Å². The van der Waals surface area contributed by atoms with E-state index < -0.39 is 5.97 Å². The van der Waals surface area contributed by atoms with Crippen LogP contribution in [0.2, 0.25) is 0 Å². The van der Waals surface area contributed by atoms with E-state index in [2.05, 4.69) is 18.1 Å². The molecule has 0 fully saturated rings. The number of carboxylic acid groups (broad SMARTS) is 1. The number of aryl methyl sites for hydroxylation is 2. The molecule has 0 saturated heterocycles.